The van der Waals surface area contributed by atoms with Crippen LogP contribution in [0.1, 0.15) is 32.3 Å². The minimum absolute atomic E-state index is 0.717. The maximum Gasteiger partial charge on any atom is 0.0650 e. The summed E-state index contributed by atoms with van der Waals surface area (Å²) in [4.78, 5) is 0. The van der Waals surface area contributed by atoms with E-state index < -0.39 is 0 Å². The van der Waals surface area contributed by atoms with Gasteiger partial charge in [0.2, 0.25) is 0 Å². The maximum atomic E-state index is 3.98. The van der Waals surface area contributed by atoms with Crippen molar-refractivity contribution in [2.24, 2.45) is 11.8 Å². The van der Waals surface area contributed by atoms with Gasteiger partial charge in [0, 0.05) is 18.8 Å². The van der Waals surface area contributed by atoms with Gasteiger partial charge in [0.25, 0.3) is 0 Å². The molecule has 0 amide bonds. The quantitative estimate of drug-likeness (QED) is 0.870. The monoisotopic (exact) mass is 269 g/mol. The molecule has 3 nitrogen and oxygen atoms in total. The van der Waals surface area contributed by atoms with Crippen LogP contribution in [0.3, 0.4) is 0 Å². The van der Waals surface area contributed by atoms with E-state index in [0.717, 1.165) is 30.1 Å². The van der Waals surface area contributed by atoms with Crippen molar-refractivity contribution in [2.75, 3.05) is 0 Å². The van der Waals surface area contributed by atoms with E-state index >= 15 is 0 Å². The van der Waals surface area contributed by atoms with E-state index in [9.17, 15) is 0 Å². The first-order chi connectivity index (χ1) is 9.72. The second kappa shape index (κ2) is 5.80. The summed E-state index contributed by atoms with van der Waals surface area (Å²) in [5, 5.41) is 10.6. The van der Waals surface area contributed by atoms with Crippen LogP contribution in [0.4, 0.5) is 0 Å². The predicted octanol–water partition coefficient (Wildman–Crippen LogP) is 3.60. The molecule has 0 aliphatic heterocycles. The molecule has 2 aromatic rings. The summed E-state index contributed by atoms with van der Waals surface area (Å²) >= 11 is 0. The van der Waals surface area contributed by atoms with Crippen molar-refractivity contribution in [1.29, 1.82) is 0 Å². The van der Waals surface area contributed by atoms with Crippen LogP contribution in [0.15, 0.2) is 36.5 Å². The fourth-order valence-electron chi connectivity index (χ4n) is 2.85. The fraction of sp³-hybridized carbons (Fsp3) is 0.471. The van der Waals surface area contributed by atoms with Gasteiger partial charge in [0.1, 0.15) is 0 Å². The Balaban J connectivity index is 1.50. The number of benzene rings is 1. The highest BCUT2D eigenvalue weighted by atomic mass is 15.1. The van der Waals surface area contributed by atoms with E-state index in [1.54, 1.807) is 6.20 Å². The lowest BCUT2D eigenvalue weighted by Crippen LogP contribution is -2.42. The zero-order valence-corrected chi connectivity index (χ0v) is 12.3. The van der Waals surface area contributed by atoms with E-state index in [4.69, 9.17) is 0 Å². The molecule has 106 valence electrons. The summed E-state index contributed by atoms with van der Waals surface area (Å²) < 4.78 is 0. The van der Waals surface area contributed by atoms with Gasteiger partial charge in [0.15, 0.2) is 0 Å². The Bertz CT molecular complexity index is 522. The van der Waals surface area contributed by atoms with Crippen LogP contribution in [0.25, 0.3) is 11.3 Å². The van der Waals surface area contributed by atoms with Crippen molar-refractivity contribution in [1.82, 2.24) is 15.5 Å². The van der Waals surface area contributed by atoms with E-state index in [0.29, 0.717) is 0 Å². The average Bonchev–Trinajstić information content (AvgIpc) is 2.91. The van der Waals surface area contributed by atoms with Crippen LogP contribution in [-0.4, -0.2) is 16.2 Å². The van der Waals surface area contributed by atoms with E-state index in [1.165, 1.54) is 24.0 Å². The molecular formula is C17H23N3. The van der Waals surface area contributed by atoms with Gasteiger partial charge in [-0.3, -0.25) is 5.10 Å². The molecule has 0 saturated heterocycles. The lowest BCUT2D eigenvalue weighted by atomic mass is 9.73. The number of hydrogen-bond acceptors (Lipinski definition) is 2. The fourth-order valence-corrected chi connectivity index (χ4v) is 2.85. The molecule has 3 heteroatoms. The van der Waals surface area contributed by atoms with Gasteiger partial charge in [0.05, 0.1) is 5.69 Å². The first kappa shape index (κ1) is 13.4. The number of H-pyrrole nitrogens is 1. The van der Waals surface area contributed by atoms with Crippen LogP contribution in [0.5, 0.6) is 0 Å². The van der Waals surface area contributed by atoms with E-state index in [2.05, 4.69) is 53.6 Å². The van der Waals surface area contributed by atoms with Crippen LogP contribution in [-0.2, 0) is 6.54 Å². The van der Waals surface area contributed by atoms with Gasteiger partial charge >= 0.3 is 0 Å². The van der Waals surface area contributed by atoms with Crippen molar-refractivity contribution in [3.63, 3.8) is 0 Å². The van der Waals surface area contributed by atoms with Gasteiger partial charge in [-0.05, 0) is 41.9 Å². The minimum Gasteiger partial charge on any atom is -0.310 e. The normalized spacial score (nSPS) is 21.9. The van der Waals surface area contributed by atoms with E-state index in [1.807, 2.05) is 6.07 Å². The summed E-state index contributed by atoms with van der Waals surface area (Å²) in [6, 6.07) is 11.4. The highest BCUT2D eigenvalue weighted by Crippen LogP contribution is 2.33. The summed E-state index contributed by atoms with van der Waals surface area (Å²) in [7, 11) is 0. The Labute approximate surface area is 120 Å². The average molecular weight is 269 g/mol. The van der Waals surface area contributed by atoms with Crippen molar-refractivity contribution in [3.8, 4) is 11.3 Å². The molecule has 2 N–H and O–H groups in total. The Morgan fingerprint density at radius 1 is 1.20 bits per heavy atom. The number of nitrogens with zero attached hydrogens (tertiary/aromatic N) is 1. The molecule has 1 fully saturated rings. The third-order valence-corrected chi connectivity index (χ3v) is 4.48. The Morgan fingerprint density at radius 3 is 2.55 bits per heavy atom. The number of nitrogens with one attached hydrogen (secondary N) is 2. The SMILES string of the molecule is CC(C)C1CC(NCc2ccc(-c3ccn[nH]3)cc2)C1. The van der Waals surface area contributed by atoms with Crippen molar-refractivity contribution in [3.05, 3.63) is 42.1 Å². The first-order valence-electron chi connectivity index (χ1n) is 7.54. The molecule has 1 aliphatic rings. The minimum atomic E-state index is 0.717. The molecule has 0 spiro atoms. The lowest BCUT2D eigenvalue weighted by molar-refractivity contribution is 0.167. The topological polar surface area (TPSA) is 40.7 Å². The number of aromatic amines is 1. The van der Waals surface area contributed by atoms with Crippen LogP contribution in [0.2, 0.25) is 0 Å². The van der Waals surface area contributed by atoms with Crippen LogP contribution >= 0.6 is 0 Å². The highest BCUT2D eigenvalue weighted by molar-refractivity contribution is 5.58. The smallest absolute Gasteiger partial charge is 0.0650 e. The second-order valence-corrected chi connectivity index (χ2v) is 6.22. The Hall–Kier alpha value is -1.61. The molecule has 1 saturated carbocycles. The molecule has 1 aromatic heterocycles. The molecular weight excluding hydrogens is 246 g/mol. The summed E-state index contributed by atoms with van der Waals surface area (Å²) in [5.74, 6) is 1.76. The molecule has 0 radical (unpaired) electrons. The zero-order chi connectivity index (χ0) is 13.9. The third kappa shape index (κ3) is 2.93. The number of rotatable bonds is 5. The Morgan fingerprint density at radius 2 is 1.95 bits per heavy atom. The summed E-state index contributed by atoms with van der Waals surface area (Å²) in [6.07, 6.45) is 4.46. The van der Waals surface area contributed by atoms with Crippen LogP contribution in [0, 0.1) is 11.8 Å². The number of aromatic nitrogens is 2. The molecule has 1 heterocycles. The Kier molecular flexibility index (Phi) is 3.88. The lowest BCUT2D eigenvalue weighted by Gasteiger charge is -2.38. The summed E-state index contributed by atoms with van der Waals surface area (Å²) in [5.41, 5.74) is 3.61. The largest absolute Gasteiger partial charge is 0.310 e. The van der Waals surface area contributed by atoms with Crippen molar-refractivity contribution in [2.45, 2.75) is 39.3 Å². The van der Waals surface area contributed by atoms with E-state index in [-0.39, 0.29) is 0 Å². The summed E-state index contributed by atoms with van der Waals surface area (Å²) in [6.45, 7) is 5.63. The van der Waals surface area contributed by atoms with Crippen LogP contribution < -0.4 is 5.32 Å². The van der Waals surface area contributed by atoms with Crippen molar-refractivity contribution < 1.29 is 0 Å². The standard InChI is InChI=1S/C17H23N3/c1-12(2)15-9-16(10-15)18-11-13-3-5-14(6-4-13)17-7-8-19-20-17/h3-8,12,15-16,18H,9-11H2,1-2H3,(H,19,20). The van der Waals surface area contributed by atoms with Gasteiger partial charge in [-0.15, -0.1) is 0 Å². The van der Waals surface area contributed by atoms with Gasteiger partial charge in [-0.1, -0.05) is 38.1 Å². The zero-order valence-electron chi connectivity index (χ0n) is 12.3. The molecule has 1 aromatic carbocycles. The van der Waals surface area contributed by atoms with Gasteiger partial charge in [-0.25, -0.2) is 0 Å². The van der Waals surface area contributed by atoms with Gasteiger partial charge < -0.3 is 5.32 Å². The van der Waals surface area contributed by atoms with Gasteiger partial charge in [-0.2, -0.15) is 5.10 Å². The second-order valence-electron chi connectivity index (χ2n) is 6.22. The molecule has 0 atom stereocenters. The number of hydrogen-bond donors (Lipinski definition) is 2. The van der Waals surface area contributed by atoms with Crippen molar-refractivity contribution >= 4 is 0 Å². The third-order valence-electron chi connectivity index (χ3n) is 4.48. The first-order valence-corrected chi connectivity index (χ1v) is 7.54. The molecule has 1 aliphatic carbocycles. The molecule has 3 rings (SSSR count). The predicted molar refractivity (Wildman–Crippen MR) is 82.2 cm³/mol. The molecule has 0 bridgehead atoms. The molecule has 20 heavy (non-hydrogen) atoms. The maximum absolute atomic E-state index is 3.98. The molecule has 0 unspecified atom stereocenters. The highest BCUT2D eigenvalue weighted by Gasteiger charge is 2.30.